The van der Waals surface area contributed by atoms with Crippen LogP contribution in [-0.4, -0.2) is 32.5 Å². The Labute approximate surface area is 73.6 Å². The largest absolute Gasteiger partial charge is 1.00 e. The number of ether oxygens (including phenoxy) is 2. The highest BCUT2D eigenvalue weighted by molar-refractivity contribution is 4.52. The predicted octanol–water partition coefficient (Wildman–Crippen LogP) is -3.57. The van der Waals surface area contributed by atoms with Gasteiger partial charge in [-0.2, -0.15) is 0 Å². The summed E-state index contributed by atoms with van der Waals surface area (Å²) < 4.78 is 10.6. The molecule has 4 heteroatoms. The lowest BCUT2D eigenvalue weighted by atomic mass is 10.3. The fraction of sp³-hybridized carbons (Fsp3) is 1.00. The highest BCUT2D eigenvalue weighted by atomic mass is 35.5. The summed E-state index contributed by atoms with van der Waals surface area (Å²) in [5, 5.41) is 0. The third kappa shape index (κ3) is 5.44. The second kappa shape index (κ2) is 6.85. The lowest BCUT2D eigenvalue weighted by Gasteiger charge is -2.05. The van der Waals surface area contributed by atoms with Crippen molar-refractivity contribution < 1.29 is 27.6 Å². The molecule has 0 amide bonds. The number of hydrogen-bond acceptors (Lipinski definition) is 2. The molecule has 1 rings (SSSR count). The van der Waals surface area contributed by atoms with Gasteiger partial charge < -0.3 is 27.6 Å². The minimum atomic E-state index is 0. The molecule has 1 saturated heterocycles. The Morgan fingerprint density at radius 1 is 1.00 bits per heavy atom. The van der Waals surface area contributed by atoms with Crippen molar-refractivity contribution in [3.8, 4) is 0 Å². The molecule has 0 saturated carbocycles. The van der Waals surface area contributed by atoms with E-state index in [0.29, 0.717) is 6.04 Å². The third-order valence-corrected chi connectivity index (χ3v) is 1.53. The maximum atomic E-state index is 5.32. The van der Waals surface area contributed by atoms with Gasteiger partial charge in [-0.1, -0.05) is 0 Å². The van der Waals surface area contributed by atoms with Gasteiger partial charge in [0.2, 0.25) is 0 Å². The van der Waals surface area contributed by atoms with Gasteiger partial charge in [-0.15, -0.1) is 0 Å². The highest BCUT2D eigenvalue weighted by Crippen LogP contribution is 1.95. The molecule has 3 nitrogen and oxygen atoms in total. The Bertz CT molecular complexity index is 82.5. The monoisotopic (exact) mass is 181 g/mol. The van der Waals surface area contributed by atoms with E-state index in [2.05, 4.69) is 5.73 Å². The smallest absolute Gasteiger partial charge is 0.132 e. The van der Waals surface area contributed by atoms with Gasteiger partial charge in [-0.3, -0.25) is 0 Å². The fourth-order valence-electron chi connectivity index (χ4n) is 0.956. The summed E-state index contributed by atoms with van der Waals surface area (Å²) in [4.78, 5) is 0. The van der Waals surface area contributed by atoms with E-state index < -0.39 is 0 Å². The van der Waals surface area contributed by atoms with Crippen LogP contribution in [-0.2, 0) is 9.47 Å². The van der Waals surface area contributed by atoms with Gasteiger partial charge >= 0.3 is 0 Å². The van der Waals surface area contributed by atoms with Gasteiger partial charge in [0.15, 0.2) is 0 Å². The van der Waals surface area contributed by atoms with Crippen molar-refractivity contribution in [3.05, 3.63) is 0 Å². The molecule has 0 aromatic rings. The molecule has 3 N–H and O–H groups in total. The average molecular weight is 182 g/mol. The van der Waals surface area contributed by atoms with E-state index in [4.69, 9.17) is 9.47 Å². The van der Waals surface area contributed by atoms with Crippen LogP contribution in [0.25, 0.3) is 0 Å². The maximum Gasteiger partial charge on any atom is 0.132 e. The minimum absolute atomic E-state index is 0. The quantitative estimate of drug-likeness (QED) is 0.421. The summed E-state index contributed by atoms with van der Waals surface area (Å²) in [6.45, 7) is 3.24. The van der Waals surface area contributed by atoms with Crippen molar-refractivity contribution in [2.75, 3.05) is 26.4 Å². The summed E-state index contributed by atoms with van der Waals surface area (Å²) in [7, 11) is 0. The average Bonchev–Trinajstić information content (AvgIpc) is 2.02. The molecular weight excluding hydrogens is 166 g/mol. The van der Waals surface area contributed by atoms with E-state index in [1.807, 2.05) is 0 Å². The summed E-state index contributed by atoms with van der Waals surface area (Å²) in [5.41, 5.74) is 3.89. The summed E-state index contributed by atoms with van der Waals surface area (Å²) in [6, 6.07) is 0.318. The van der Waals surface area contributed by atoms with Crippen molar-refractivity contribution in [1.29, 1.82) is 0 Å². The van der Waals surface area contributed by atoms with E-state index in [1.165, 1.54) is 0 Å². The van der Waals surface area contributed by atoms with Crippen molar-refractivity contribution >= 4 is 0 Å². The van der Waals surface area contributed by atoms with Gasteiger partial charge in [0.05, 0.1) is 0 Å². The zero-order valence-electron chi connectivity index (χ0n) is 6.72. The zero-order chi connectivity index (χ0) is 7.23. The molecule has 0 unspecified atom stereocenters. The van der Waals surface area contributed by atoms with Crippen LogP contribution in [0.3, 0.4) is 0 Å². The van der Waals surface area contributed by atoms with E-state index in [1.54, 1.807) is 0 Å². The Balaban J connectivity index is 0.000001000. The molecule has 11 heavy (non-hydrogen) atoms. The van der Waals surface area contributed by atoms with E-state index in [9.17, 15) is 0 Å². The van der Waals surface area contributed by atoms with Crippen LogP contribution in [0.15, 0.2) is 0 Å². The van der Waals surface area contributed by atoms with E-state index in [-0.39, 0.29) is 12.4 Å². The molecule has 0 aromatic carbocycles. The molecule has 1 fully saturated rings. The SMILES string of the molecule is [Cl-].[NH3+]C1COCCCCOC1. The minimum Gasteiger partial charge on any atom is -1.00 e. The lowest BCUT2D eigenvalue weighted by Crippen LogP contribution is -3.00. The summed E-state index contributed by atoms with van der Waals surface area (Å²) >= 11 is 0. The molecule has 0 spiro atoms. The first-order valence-corrected chi connectivity index (χ1v) is 3.88. The zero-order valence-corrected chi connectivity index (χ0v) is 7.48. The predicted molar refractivity (Wildman–Crippen MR) is 37.5 cm³/mol. The van der Waals surface area contributed by atoms with Crippen LogP contribution in [0.5, 0.6) is 0 Å². The van der Waals surface area contributed by atoms with Crippen LogP contribution in [0, 0.1) is 0 Å². The van der Waals surface area contributed by atoms with Gasteiger partial charge in [-0.25, -0.2) is 0 Å². The van der Waals surface area contributed by atoms with Crippen LogP contribution in [0.4, 0.5) is 0 Å². The molecule has 0 atom stereocenters. The van der Waals surface area contributed by atoms with Crippen molar-refractivity contribution in [2.45, 2.75) is 18.9 Å². The van der Waals surface area contributed by atoms with E-state index in [0.717, 1.165) is 39.3 Å². The first-order valence-electron chi connectivity index (χ1n) is 3.88. The van der Waals surface area contributed by atoms with Crippen LogP contribution in [0.2, 0.25) is 0 Å². The summed E-state index contributed by atoms with van der Waals surface area (Å²) in [6.07, 6.45) is 2.24. The molecule has 1 aliphatic rings. The summed E-state index contributed by atoms with van der Waals surface area (Å²) in [5.74, 6) is 0. The number of halogens is 1. The van der Waals surface area contributed by atoms with Crippen LogP contribution < -0.4 is 18.1 Å². The fourth-order valence-corrected chi connectivity index (χ4v) is 0.956. The van der Waals surface area contributed by atoms with Crippen LogP contribution >= 0.6 is 0 Å². The first-order chi connectivity index (χ1) is 4.89. The van der Waals surface area contributed by atoms with Crippen LogP contribution in [0.1, 0.15) is 12.8 Å². The molecule has 0 aromatic heterocycles. The second-order valence-electron chi connectivity index (χ2n) is 2.72. The van der Waals surface area contributed by atoms with Gasteiger partial charge in [0.1, 0.15) is 19.3 Å². The number of hydrogen-bond donors (Lipinski definition) is 1. The molecule has 1 aliphatic heterocycles. The standard InChI is InChI=1S/C7H15NO2.ClH/c8-7-5-9-3-1-2-4-10-6-7;/h7H,1-6,8H2;1H. The van der Waals surface area contributed by atoms with Gasteiger partial charge in [0, 0.05) is 13.2 Å². The lowest BCUT2D eigenvalue weighted by molar-refractivity contribution is -0.433. The molecule has 0 aliphatic carbocycles. The Morgan fingerprint density at radius 3 is 1.91 bits per heavy atom. The molecule has 1 heterocycles. The maximum absolute atomic E-state index is 5.32. The number of rotatable bonds is 0. The highest BCUT2D eigenvalue weighted by Gasteiger charge is 2.07. The molecule has 0 bridgehead atoms. The first kappa shape index (κ1) is 11.2. The number of quaternary nitrogens is 1. The van der Waals surface area contributed by atoms with Gasteiger partial charge in [0.25, 0.3) is 0 Å². The van der Waals surface area contributed by atoms with Crippen molar-refractivity contribution in [2.24, 2.45) is 0 Å². The third-order valence-electron chi connectivity index (χ3n) is 1.53. The van der Waals surface area contributed by atoms with Gasteiger partial charge in [-0.05, 0) is 12.8 Å². The molecule has 68 valence electrons. The Kier molecular flexibility index (Phi) is 6.96. The van der Waals surface area contributed by atoms with Crippen molar-refractivity contribution in [1.82, 2.24) is 0 Å². The normalized spacial score (nSPS) is 22.6. The van der Waals surface area contributed by atoms with Crippen molar-refractivity contribution in [3.63, 3.8) is 0 Å². The van der Waals surface area contributed by atoms with E-state index >= 15 is 0 Å². The molecule has 0 radical (unpaired) electrons. The molecular formula is C7H16ClNO2. The Morgan fingerprint density at radius 2 is 1.45 bits per heavy atom. The topological polar surface area (TPSA) is 46.1 Å². The second-order valence-corrected chi connectivity index (χ2v) is 2.72. The Hall–Kier alpha value is 0.170.